The van der Waals surface area contributed by atoms with Gasteiger partial charge in [-0.25, -0.2) is 0 Å². The largest absolute Gasteiger partial charge is 0.501 e. The highest BCUT2D eigenvalue weighted by molar-refractivity contribution is 7.80. The fraction of sp³-hybridized carbons (Fsp3) is 0.364. The van der Waals surface area contributed by atoms with Gasteiger partial charge in [-0.15, -0.1) is 0 Å². The fourth-order valence-electron chi connectivity index (χ4n) is 1.90. The minimum Gasteiger partial charge on any atom is -0.501 e. The summed E-state index contributed by atoms with van der Waals surface area (Å²) in [6.45, 7) is 0.898. The summed E-state index contributed by atoms with van der Waals surface area (Å²) in [6, 6.07) is 10.3. The third kappa shape index (κ3) is 1.94. The Morgan fingerprint density at radius 1 is 1.36 bits per heavy atom. The summed E-state index contributed by atoms with van der Waals surface area (Å²) in [7, 11) is 0. The summed E-state index contributed by atoms with van der Waals surface area (Å²) in [5.74, 6) is 0.478. The molecule has 0 saturated carbocycles. The molecule has 1 saturated heterocycles. The van der Waals surface area contributed by atoms with Crippen molar-refractivity contribution in [2.24, 2.45) is 0 Å². The molecule has 2 N–H and O–H groups in total. The van der Waals surface area contributed by atoms with Crippen molar-refractivity contribution in [3.8, 4) is 0 Å². The van der Waals surface area contributed by atoms with Crippen molar-refractivity contribution in [1.82, 2.24) is 5.32 Å². The quantitative estimate of drug-likeness (QED) is 0.728. The number of nitrogens with one attached hydrogen (secondary N) is 1. The SMILES string of the molecule is OC(=S)[C@H]1CC(c2ccccc2)CN1. The van der Waals surface area contributed by atoms with Gasteiger partial charge < -0.3 is 10.4 Å². The van der Waals surface area contributed by atoms with E-state index in [0.29, 0.717) is 5.92 Å². The summed E-state index contributed by atoms with van der Waals surface area (Å²) < 4.78 is 0. The molecule has 1 aliphatic heterocycles. The van der Waals surface area contributed by atoms with Crippen molar-refractivity contribution in [2.75, 3.05) is 6.54 Å². The monoisotopic (exact) mass is 207 g/mol. The first-order valence-corrected chi connectivity index (χ1v) is 5.19. The molecule has 1 unspecified atom stereocenters. The summed E-state index contributed by atoms with van der Waals surface area (Å²) in [4.78, 5) is 0. The molecule has 2 rings (SSSR count). The van der Waals surface area contributed by atoms with E-state index in [1.807, 2.05) is 18.2 Å². The van der Waals surface area contributed by atoms with Gasteiger partial charge in [-0.3, -0.25) is 0 Å². The molecular formula is C11H13NOS. The van der Waals surface area contributed by atoms with E-state index in [4.69, 9.17) is 12.2 Å². The molecule has 14 heavy (non-hydrogen) atoms. The molecule has 1 aromatic rings. The van der Waals surface area contributed by atoms with Crippen molar-refractivity contribution >= 4 is 17.3 Å². The maximum absolute atomic E-state index is 9.19. The van der Waals surface area contributed by atoms with Crippen LogP contribution in [0.25, 0.3) is 0 Å². The Bertz CT molecular complexity index is 325. The topological polar surface area (TPSA) is 32.3 Å². The van der Waals surface area contributed by atoms with Crippen LogP contribution < -0.4 is 5.32 Å². The second kappa shape index (κ2) is 4.07. The fourth-order valence-corrected chi connectivity index (χ4v) is 2.08. The van der Waals surface area contributed by atoms with Crippen molar-refractivity contribution in [3.05, 3.63) is 35.9 Å². The highest BCUT2D eigenvalue weighted by Gasteiger charge is 2.27. The van der Waals surface area contributed by atoms with E-state index in [-0.39, 0.29) is 11.1 Å². The molecule has 0 aromatic heterocycles. The van der Waals surface area contributed by atoms with Gasteiger partial charge in [0.1, 0.15) is 0 Å². The van der Waals surface area contributed by atoms with E-state index in [1.54, 1.807) is 0 Å². The highest BCUT2D eigenvalue weighted by atomic mass is 32.1. The van der Waals surface area contributed by atoms with Crippen molar-refractivity contribution < 1.29 is 5.11 Å². The molecule has 0 spiro atoms. The first kappa shape index (κ1) is 9.62. The van der Waals surface area contributed by atoms with Crippen molar-refractivity contribution in [2.45, 2.75) is 18.4 Å². The average Bonchev–Trinajstić information content (AvgIpc) is 2.68. The number of hydrogen-bond donors (Lipinski definition) is 2. The number of benzene rings is 1. The van der Waals surface area contributed by atoms with E-state index in [9.17, 15) is 5.11 Å². The van der Waals surface area contributed by atoms with Crippen molar-refractivity contribution in [1.29, 1.82) is 0 Å². The lowest BCUT2D eigenvalue weighted by Gasteiger charge is -2.08. The highest BCUT2D eigenvalue weighted by Crippen LogP contribution is 2.25. The lowest BCUT2D eigenvalue weighted by Crippen LogP contribution is -2.28. The van der Waals surface area contributed by atoms with Gasteiger partial charge in [-0.1, -0.05) is 30.3 Å². The van der Waals surface area contributed by atoms with Crippen LogP contribution in [0.5, 0.6) is 0 Å². The predicted octanol–water partition coefficient (Wildman–Crippen LogP) is 2.02. The van der Waals surface area contributed by atoms with Gasteiger partial charge in [0.05, 0.1) is 6.04 Å². The number of aliphatic hydroxyl groups excluding tert-OH is 1. The Morgan fingerprint density at radius 3 is 2.64 bits per heavy atom. The number of thiocarbonyl (C=S) groups is 1. The Hall–Kier alpha value is -0.930. The Balaban J connectivity index is 2.06. The van der Waals surface area contributed by atoms with Crippen LogP contribution in [0.3, 0.4) is 0 Å². The number of aliphatic hydroxyl groups is 1. The van der Waals surface area contributed by atoms with E-state index in [2.05, 4.69) is 17.4 Å². The molecule has 0 aliphatic carbocycles. The smallest absolute Gasteiger partial charge is 0.174 e. The Kier molecular flexibility index (Phi) is 2.79. The van der Waals surface area contributed by atoms with E-state index in [1.165, 1.54) is 5.56 Å². The first-order chi connectivity index (χ1) is 6.77. The van der Waals surface area contributed by atoms with Crippen molar-refractivity contribution in [3.63, 3.8) is 0 Å². The van der Waals surface area contributed by atoms with Gasteiger partial charge in [-0.05, 0) is 30.1 Å². The van der Waals surface area contributed by atoms with Gasteiger partial charge >= 0.3 is 0 Å². The predicted molar refractivity (Wildman–Crippen MR) is 60.8 cm³/mol. The molecule has 74 valence electrons. The van der Waals surface area contributed by atoms with Gasteiger partial charge in [-0.2, -0.15) is 0 Å². The maximum atomic E-state index is 9.19. The van der Waals surface area contributed by atoms with Crippen LogP contribution in [0, 0.1) is 0 Å². The Morgan fingerprint density at radius 2 is 2.07 bits per heavy atom. The molecule has 2 nitrogen and oxygen atoms in total. The van der Waals surface area contributed by atoms with E-state index < -0.39 is 0 Å². The Labute approximate surface area is 89.0 Å². The first-order valence-electron chi connectivity index (χ1n) is 4.78. The number of hydrogen-bond acceptors (Lipinski definition) is 2. The second-order valence-electron chi connectivity index (χ2n) is 3.64. The summed E-state index contributed by atoms with van der Waals surface area (Å²) in [5.41, 5.74) is 1.32. The van der Waals surface area contributed by atoms with Crippen LogP contribution in [0.2, 0.25) is 0 Å². The molecule has 1 fully saturated rings. The zero-order valence-electron chi connectivity index (χ0n) is 7.81. The molecule has 1 heterocycles. The van der Waals surface area contributed by atoms with Crippen LogP contribution in [0.15, 0.2) is 30.3 Å². The molecule has 1 aromatic carbocycles. The number of rotatable bonds is 2. The van der Waals surface area contributed by atoms with Gasteiger partial charge in [0.25, 0.3) is 0 Å². The van der Waals surface area contributed by atoms with E-state index >= 15 is 0 Å². The zero-order valence-corrected chi connectivity index (χ0v) is 8.63. The van der Waals surface area contributed by atoms with Crippen LogP contribution in [0.4, 0.5) is 0 Å². The summed E-state index contributed by atoms with van der Waals surface area (Å²) in [6.07, 6.45) is 0.902. The van der Waals surface area contributed by atoms with Crippen LogP contribution in [-0.2, 0) is 0 Å². The molecule has 0 bridgehead atoms. The van der Waals surface area contributed by atoms with Crippen LogP contribution in [-0.4, -0.2) is 22.7 Å². The molecule has 2 atom stereocenters. The average molecular weight is 207 g/mol. The second-order valence-corrected chi connectivity index (χ2v) is 4.06. The summed E-state index contributed by atoms with van der Waals surface area (Å²) >= 11 is 4.75. The van der Waals surface area contributed by atoms with Crippen LogP contribution in [0.1, 0.15) is 17.9 Å². The molecule has 0 radical (unpaired) electrons. The zero-order chi connectivity index (χ0) is 9.97. The van der Waals surface area contributed by atoms with Crippen LogP contribution >= 0.6 is 12.2 Å². The maximum Gasteiger partial charge on any atom is 0.174 e. The van der Waals surface area contributed by atoms with Gasteiger partial charge in [0, 0.05) is 6.54 Å². The van der Waals surface area contributed by atoms with Gasteiger partial charge in [0.2, 0.25) is 0 Å². The minimum absolute atomic E-state index is 0.00444. The molecule has 3 heteroatoms. The van der Waals surface area contributed by atoms with E-state index in [0.717, 1.165) is 13.0 Å². The van der Waals surface area contributed by atoms with Gasteiger partial charge in [0.15, 0.2) is 5.05 Å². The standard InChI is InChI=1S/C11H13NOS/c13-11(14)10-6-9(7-12-10)8-4-2-1-3-5-8/h1-5,9-10,12H,6-7H2,(H,13,14)/t9?,10-/m1/s1. The normalized spacial score (nSPS) is 26.3. The summed E-state index contributed by atoms with van der Waals surface area (Å²) in [5, 5.41) is 12.5. The lowest BCUT2D eigenvalue weighted by molar-refractivity contribution is 0.516. The third-order valence-electron chi connectivity index (χ3n) is 2.70. The third-order valence-corrected chi connectivity index (χ3v) is 2.98. The minimum atomic E-state index is -0.00444. The molecule has 0 amide bonds. The lowest BCUT2D eigenvalue weighted by atomic mass is 9.97. The molecule has 1 aliphatic rings. The molecular weight excluding hydrogens is 194 g/mol.